The predicted octanol–water partition coefficient (Wildman–Crippen LogP) is 1.62. The van der Waals surface area contributed by atoms with Crippen molar-refractivity contribution >= 4 is 35.0 Å². The Labute approximate surface area is 144 Å². The Morgan fingerprint density at radius 2 is 1.67 bits per heavy atom. The molecule has 0 atom stereocenters. The molecule has 6 nitrogen and oxygen atoms in total. The van der Waals surface area contributed by atoms with Crippen molar-refractivity contribution in [2.45, 2.75) is 13.0 Å². The van der Waals surface area contributed by atoms with Crippen LogP contribution in [0.25, 0.3) is 0 Å². The van der Waals surface area contributed by atoms with Crippen molar-refractivity contribution in [1.82, 2.24) is 5.32 Å². The van der Waals surface area contributed by atoms with Crippen LogP contribution in [0.2, 0.25) is 5.02 Å². The Balaban J connectivity index is 1.87. The maximum Gasteiger partial charge on any atom is 0.313 e. The lowest BCUT2D eigenvalue weighted by atomic mass is 10.1. The van der Waals surface area contributed by atoms with Crippen molar-refractivity contribution in [1.29, 1.82) is 0 Å². The van der Waals surface area contributed by atoms with E-state index in [9.17, 15) is 14.4 Å². The summed E-state index contributed by atoms with van der Waals surface area (Å²) in [6.07, 6.45) is 0.119. The molecule has 0 aliphatic rings. The quantitative estimate of drug-likeness (QED) is 0.718. The minimum atomic E-state index is -0.778. The van der Waals surface area contributed by atoms with Gasteiger partial charge in [-0.3, -0.25) is 14.4 Å². The van der Waals surface area contributed by atoms with Crippen molar-refractivity contribution in [3.05, 3.63) is 64.7 Å². The van der Waals surface area contributed by atoms with Gasteiger partial charge in [0.1, 0.15) is 0 Å². The number of benzene rings is 2. The van der Waals surface area contributed by atoms with Crippen LogP contribution in [0.4, 0.5) is 5.69 Å². The monoisotopic (exact) mass is 345 g/mol. The number of carbonyl (C=O) groups is 3. The number of anilines is 1. The molecule has 7 heteroatoms. The number of carbonyl (C=O) groups excluding carboxylic acids is 3. The molecular weight excluding hydrogens is 330 g/mol. The molecule has 2 aromatic rings. The Hall–Kier alpha value is -2.86. The fraction of sp³-hybridized carbons (Fsp3) is 0.118. The predicted molar refractivity (Wildman–Crippen MR) is 91.3 cm³/mol. The Morgan fingerprint density at radius 3 is 2.29 bits per heavy atom. The molecule has 0 heterocycles. The third-order valence-corrected chi connectivity index (χ3v) is 3.37. The van der Waals surface area contributed by atoms with E-state index in [1.165, 1.54) is 0 Å². The van der Waals surface area contributed by atoms with E-state index in [0.717, 1.165) is 11.1 Å². The van der Waals surface area contributed by atoms with Gasteiger partial charge in [-0.2, -0.15) is 0 Å². The second-order valence-corrected chi connectivity index (χ2v) is 5.54. The molecule has 0 fully saturated rings. The highest BCUT2D eigenvalue weighted by molar-refractivity contribution is 6.39. The molecule has 0 saturated carbocycles. The highest BCUT2D eigenvalue weighted by Crippen LogP contribution is 2.11. The van der Waals surface area contributed by atoms with Gasteiger partial charge in [0, 0.05) is 17.3 Å². The minimum absolute atomic E-state index is 0.119. The molecule has 3 amide bonds. The topological polar surface area (TPSA) is 101 Å². The van der Waals surface area contributed by atoms with Gasteiger partial charge in [0.05, 0.1) is 6.42 Å². The minimum Gasteiger partial charge on any atom is -0.369 e. The summed E-state index contributed by atoms with van der Waals surface area (Å²) in [5.74, 6) is -1.97. The molecule has 0 aromatic heterocycles. The lowest BCUT2D eigenvalue weighted by Crippen LogP contribution is -2.34. The first kappa shape index (κ1) is 17.5. The van der Waals surface area contributed by atoms with Crippen LogP contribution in [0, 0.1) is 0 Å². The van der Waals surface area contributed by atoms with E-state index in [2.05, 4.69) is 10.6 Å². The zero-order chi connectivity index (χ0) is 17.5. The molecule has 24 heavy (non-hydrogen) atoms. The summed E-state index contributed by atoms with van der Waals surface area (Å²) >= 11 is 5.85. The SMILES string of the molecule is NC(=O)Cc1ccc(NC(=O)C(=O)NCc2cccc(Cl)c2)cc1. The highest BCUT2D eigenvalue weighted by Gasteiger charge is 2.13. The van der Waals surface area contributed by atoms with Gasteiger partial charge in [-0.15, -0.1) is 0 Å². The average Bonchev–Trinajstić information content (AvgIpc) is 2.54. The van der Waals surface area contributed by atoms with Crippen molar-refractivity contribution in [3.8, 4) is 0 Å². The van der Waals surface area contributed by atoms with Gasteiger partial charge in [0.25, 0.3) is 0 Å². The average molecular weight is 346 g/mol. The number of nitrogens with one attached hydrogen (secondary N) is 2. The fourth-order valence-corrected chi connectivity index (χ4v) is 2.22. The first-order valence-corrected chi connectivity index (χ1v) is 7.52. The van der Waals surface area contributed by atoms with E-state index >= 15 is 0 Å². The summed E-state index contributed by atoms with van der Waals surface area (Å²) in [5, 5.41) is 5.55. The number of primary amides is 1. The zero-order valence-corrected chi connectivity index (χ0v) is 13.5. The second kappa shape index (κ2) is 8.12. The lowest BCUT2D eigenvalue weighted by molar-refractivity contribution is -0.136. The van der Waals surface area contributed by atoms with Crippen molar-refractivity contribution in [3.63, 3.8) is 0 Å². The molecule has 0 unspecified atom stereocenters. The van der Waals surface area contributed by atoms with Crippen molar-refractivity contribution in [2.24, 2.45) is 5.73 Å². The molecule has 0 aliphatic carbocycles. The summed E-state index contributed by atoms with van der Waals surface area (Å²) in [6.45, 7) is 0.199. The Kier molecular flexibility index (Phi) is 5.92. The van der Waals surface area contributed by atoms with Gasteiger partial charge in [-0.25, -0.2) is 0 Å². The number of rotatable bonds is 5. The van der Waals surface area contributed by atoms with E-state index in [1.807, 2.05) is 0 Å². The van der Waals surface area contributed by atoms with Gasteiger partial charge in [-0.1, -0.05) is 35.9 Å². The third-order valence-electron chi connectivity index (χ3n) is 3.14. The molecule has 0 radical (unpaired) electrons. The maximum absolute atomic E-state index is 11.8. The first-order valence-electron chi connectivity index (χ1n) is 7.15. The lowest BCUT2D eigenvalue weighted by Gasteiger charge is -2.07. The van der Waals surface area contributed by atoms with Gasteiger partial charge in [-0.05, 0) is 35.4 Å². The van der Waals surface area contributed by atoms with Crippen molar-refractivity contribution in [2.75, 3.05) is 5.32 Å². The summed E-state index contributed by atoms with van der Waals surface area (Å²) in [6, 6.07) is 13.5. The largest absolute Gasteiger partial charge is 0.369 e. The van der Waals surface area contributed by atoms with E-state index < -0.39 is 17.7 Å². The number of hydrogen-bond acceptors (Lipinski definition) is 3. The standard InChI is InChI=1S/C17H16ClN3O3/c18-13-3-1-2-12(8-13)10-20-16(23)17(24)21-14-6-4-11(5-7-14)9-15(19)22/h1-8H,9-10H2,(H2,19,22)(H,20,23)(H,21,24). The van der Waals surface area contributed by atoms with Gasteiger partial charge in [0.15, 0.2) is 0 Å². The third kappa shape index (κ3) is 5.40. The summed E-state index contributed by atoms with van der Waals surface area (Å²) in [4.78, 5) is 34.5. The van der Waals surface area contributed by atoms with Crippen LogP contribution in [0.15, 0.2) is 48.5 Å². The highest BCUT2D eigenvalue weighted by atomic mass is 35.5. The van der Waals surface area contributed by atoms with Crippen molar-refractivity contribution < 1.29 is 14.4 Å². The Morgan fingerprint density at radius 1 is 0.958 bits per heavy atom. The molecule has 2 rings (SSSR count). The summed E-state index contributed by atoms with van der Waals surface area (Å²) < 4.78 is 0. The van der Waals surface area contributed by atoms with E-state index in [4.69, 9.17) is 17.3 Å². The molecule has 0 bridgehead atoms. The van der Waals surface area contributed by atoms with Crippen LogP contribution < -0.4 is 16.4 Å². The normalized spacial score (nSPS) is 10.0. The van der Waals surface area contributed by atoms with Gasteiger partial charge < -0.3 is 16.4 Å². The summed E-state index contributed by atoms with van der Waals surface area (Å²) in [5.41, 5.74) is 7.07. The second-order valence-electron chi connectivity index (χ2n) is 5.11. The van der Waals surface area contributed by atoms with Gasteiger partial charge >= 0.3 is 11.8 Å². The molecule has 0 saturated heterocycles. The molecule has 4 N–H and O–H groups in total. The smallest absolute Gasteiger partial charge is 0.313 e. The number of halogens is 1. The molecule has 0 aliphatic heterocycles. The Bertz CT molecular complexity index is 760. The van der Waals surface area contributed by atoms with Crippen LogP contribution in [0.3, 0.4) is 0 Å². The van der Waals surface area contributed by atoms with E-state index in [-0.39, 0.29) is 13.0 Å². The van der Waals surface area contributed by atoms with Gasteiger partial charge in [0.2, 0.25) is 5.91 Å². The van der Waals surface area contributed by atoms with Crippen LogP contribution in [-0.2, 0) is 27.3 Å². The molecule has 2 aromatic carbocycles. The number of nitrogens with two attached hydrogens (primary N) is 1. The van der Waals surface area contributed by atoms with Crippen LogP contribution in [0.1, 0.15) is 11.1 Å². The van der Waals surface area contributed by atoms with Crippen LogP contribution >= 0.6 is 11.6 Å². The van der Waals surface area contributed by atoms with Crippen LogP contribution in [0.5, 0.6) is 0 Å². The van der Waals surface area contributed by atoms with E-state index in [1.54, 1.807) is 48.5 Å². The van der Waals surface area contributed by atoms with E-state index in [0.29, 0.717) is 10.7 Å². The zero-order valence-electron chi connectivity index (χ0n) is 12.7. The molecule has 0 spiro atoms. The maximum atomic E-state index is 11.8. The molecule has 124 valence electrons. The number of amides is 3. The number of hydrogen-bond donors (Lipinski definition) is 3. The fourth-order valence-electron chi connectivity index (χ4n) is 2.00. The van der Waals surface area contributed by atoms with Crippen LogP contribution in [-0.4, -0.2) is 17.7 Å². The first-order chi connectivity index (χ1) is 11.4. The molecular formula is C17H16ClN3O3. The summed E-state index contributed by atoms with van der Waals surface area (Å²) in [7, 11) is 0.